The van der Waals surface area contributed by atoms with Crippen molar-refractivity contribution in [2.75, 3.05) is 26.7 Å². The van der Waals surface area contributed by atoms with E-state index in [1.807, 2.05) is 13.1 Å². The minimum absolute atomic E-state index is 0.393. The highest BCUT2D eigenvalue weighted by molar-refractivity contribution is 5.05. The van der Waals surface area contributed by atoms with Crippen molar-refractivity contribution in [1.29, 1.82) is 0 Å². The van der Waals surface area contributed by atoms with E-state index in [9.17, 15) is 0 Å². The van der Waals surface area contributed by atoms with E-state index < -0.39 is 0 Å². The van der Waals surface area contributed by atoms with E-state index in [4.69, 9.17) is 9.26 Å². The first-order valence-corrected chi connectivity index (χ1v) is 6.74. The third-order valence-electron chi connectivity index (χ3n) is 3.28. The smallest absolute Gasteiger partial charge is 0.151 e. The third-order valence-corrected chi connectivity index (χ3v) is 3.28. The molecule has 0 amide bonds. The SMILES string of the molecule is CCN(Cc1cc(CNC)no1)CC1CCCO1. The molecule has 0 aliphatic carbocycles. The van der Waals surface area contributed by atoms with E-state index in [1.165, 1.54) is 12.8 Å². The summed E-state index contributed by atoms with van der Waals surface area (Å²) in [4.78, 5) is 2.35. The summed E-state index contributed by atoms with van der Waals surface area (Å²) >= 11 is 0. The highest BCUT2D eigenvalue weighted by Crippen LogP contribution is 2.15. The molecular formula is C13H23N3O2. The number of hydrogen-bond acceptors (Lipinski definition) is 5. The summed E-state index contributed by atoms with van der Waals surface area (Å²) in [6.07, 6.45) is 2.76. The highest BCUT2D eigenvalue weighted by atomic mass is 16.5. The summed E-state index contributed by atoms with van der Waals surface area (Å²) in [5.74, 6) is 0.931. The van der Waals surface area contributed by atoms with Gasteiger partial charge >= 0.3 is 0 Å². The molecule has 0 radical (unpaired) electrons. The Labute approximate surface area is 108 Å². The van der Waals surface area contributed by atoms with Gasteiger partial charge in [-0.15, -0.1) is 0 Å². The summed E-state index contributed by atoms with van der Waals surface area (Å²) in [6, 6.07) is 2.02. The lowest BCUT2D eigenvalue weighted by Crippen LogP contribution is -2.31. The monoisotopic (exact) mass is 253 g/mol. The Hall–Kier alpha value is -0.910. The fourth-order valence-corrected chi connectivity index (χ4v) is 2.30. The summed E-state index contributed by atoms with van der Waals surface area (Å²) in [5.41, 5.74) is 0.959. The first-order chi connectivity index (χ1) is 8.81. The minimum Gasteiger partial charge on any atom is -0.377 e. The molecule has 0 aromatic carbocycles. The molecule has 1 unspecified atom stereocenters. The molecule has 1 N–H and O–H groups in total. The number of nitrogens with one attached hydrogen (secondary N) is 1. The van der Waals surface area contributed by atoms with Gasteiger partial charge in [0, 0.05) is 25.8 Å². The van der Waals surface area contributed by atoms with Crippen molar-refractivity contribution < 1.29 is 9.26 Å². The van der Waals surface area contributed by atoms with Crippen LogP contribution in [0.4, 0.5) is 0 Å². The predicted octanol–water partition coefficient (Wildman–Crippen LogP) is 1.39. The number of rotatable bonds is 7. The van der Waals surface area contributed by atoms with Crippen LogP contribution in [0, 0.1) is 0 Å². The molecule has 5 nitrogen and oxygen atoms in total. The molecule has 2 heterocycles. The molecule has 18 heavy (non-hydrogen) atoms. The van der Waals surface area contributed by atoms with Crippen molar-refractivity contribution in [3.8, 4) is 0 Å². The maximum absolute atomic E-state index is 5.67. The Morgan fingerprint density at radius 2 is 2.44 bits per heavy atom. The molecule has 0 saturated carbocycles. The van der Waals surface area contributed by atoms with Crippen molar-refractivity contribution in [3.63, 3.8) is 0 Å². The Morgan fingerprint density at radius 1 is 1.56 bits per heavy atom. The van der Waals surface area contributed by atoms with Crippen molar-refractivity contribution in [3.05, 3.63) is 17.5 Å². The maximum atomic E-state index is 5.67. The van der Waals surface area contributed by atoms with Crippen molar-refractivity contribution in [1.82, 2.24) is 15.4 Å². The van der Waals surface area contributed by atoms with Crippen LogP contribution >= 0.6 is 0 Å². The van der Waals surface area contributed by atoms with Gasteiger partial charge in [0.1, 0.15) is 0 Å². The number of nitrogens with zero attached hydrogens (tertiary/aromatic N) is 2. The van der Waals surface area contributed by atoms with E-state index >= 15 is 0 Å². The van der Waals surface area contributed by atoms with Gasteiger partial charge in [-0.25, -0.2) is 0 Å². The number of aromatic nitrogens is 1. The highest BCUT2D eigenvalue weighted by Gasteiger charge is 2.19. The Bertz CT molecular complexity index is 348. The standard InChI is InChI=1S/C13H23N3O2/c1-3-16(9-12-5-4-6-17-12)10-13-7-11(8-14-2)15-18-13/h7,12,14H,3-6,8-10H2,1-2H3. The molecule has 102 valence electrons. The average Bonchev–Trinajstić information content (AvgIpc) is 3.01. The van der Waals surface area contributed by atoms with Crippen molar-refractivity contribution >= 4 is 0 Å². The second kappa shape index (κ2) is 6.87. The van der Waals surface area contributed by atoms with E-state index in [-0.39, 0.29) is 0 Å². The Balaban J connectivity index is 1.83. The lowest BCUT2D eigenvalue weighted by atomic mass is 10.2. The molecule has 1 aromatic rings. The molecule has 1 aliphatic heterocycles. The topological polar surface area (TPSA) is 50.5 Å². The quantitative estimate of drug-likeness (QED) is 0.796. The van der Waals surface area contributed by atoms with Crippen LogP contribution in [0.2, 0.25) is 0 Å². The second-order valence-electron chi connectivity index (χ2n) is 4.78. The van der Waals surface area contributed by atoms with Crippen LogP contribution in [0.1, 0.15) is 31.2 Å². The molecule has 0 spiro atoms. The first-order valence-electron chi connectivity index (χ1n) is 6.74. The van der Waals surface area contributed by atoms with E-state index in [0.29, 0.717) is 6.10 Å². The van der Waals surface area contributed by atoms with Gasteiger partial charge in [-0.3, -0.25) is 4.90 Å². The summed E-state index contributed by atoms with van der Waals surface area (Å²) in [6.45, 7) is 6.63. The van der Waals surface area contributed by atoms with Gasteiger partial charge in [0.2, 0.25) is 0 Å². The largest absolute Gasteiger partial charge is 0.377 e. The number of ether oxygens (including phenoxy) is 1. The zero-order valence-corrected chi connectivity index (χ0v) is 11.3. The Morgan fingerprint density at radius 3 is 3.11 bits per heavy atom. The van der Waals surface area contributed by atoms with Crippen LogP contribution in [0.25, 0.3) is 0 Å². The van der Waals surface area contributed by atoms with Crippen molar-refractivity contribution in [2.45, 2.75) is 39.0 Å². The lowest BCUT2D eigenvalue weighted by molar-refractivity contribution is 0.0695. The number of hydrogen-bond donors (Lipinski definition) is 1. The fraction of sp³-hybridized carbons (Fsp3) is 0.769. The predicted molar refractivity (Wildman–Crippen MR) is 69.2 cm³/mol. The minimum atomic E-state index is 0.393. The molecule has 0 bridgehead atoms. The van der Waals surface area contributed by atoms with Crippen LogP contribution < -0.4 is 5.32 Å². The third kappa shape index (κ3) is 3.80. The van der Waals surface area contributed by atoms with Gasteiger partial charge in [0.05, 0.1) is 18.3 Å². The summed E-state index contributed by atoms with van der Waals surface area (Å²) in [7, 11) is 1.91. The molecule has 1 aromatic heterocycles. The molecule has 5 heteroatoms. The van der Waals surface area contributed by atoms with E-state index in [1.54, 1.807) is 0 Å². The van der Waals surface area contributed by atoms with E-state index in [2.05, 4.69) is 22.3 Å². The molecule has 1 atom stereocenters. The first kappa shape index (κ1) is 13.5. The van der Waals surface area contributed by atoms with Gasteiger partial charge in [-0.2, -0.15) is 0 Å². The van der Waals surface area contributed by atoms with E-state index in [0.717, 1.165) is 44.2 Å². The van der Waals surface area contributed by atoms with Crippen LogP contribution in [-0.2, 0) is 17.8 Å². The van der Waals surface area contributed by atoms with Crippen LogP contribution in [0.5, 0.6) is 0 Å². The van der Waals surface area contributed by atoms with Gasteiger partial charge < -0.3 is 14.6 Å². The van der Waals surface area contributed by atoms with Crippen molar-refractivity contribution in [2.24, 2.45) is 0 Å². The fourth-order valence-electron chi connectivity index (χ4n) is 2.30. The number of likely N-dealkylation sites (N-methyl/N-ethyl adjacent to an activating group) is 1. The summed E-state index contributed by atoms with van der Waals surface area (Å²) < 4.78 is 11.0. The van der Waals surface area contributed by atoms with Crippen LogP contribution in [-0.4, -0.2) is 42.9 Å². The normalized spacial score (nSPS) is 19.8. The molecule has 1 aliphatic rings. The van der Waals surface area contributed by atoms with Gasteiger partial charge in [0.15, 0.2) is 5.76 Å². The van der Waals surface area contributed by atoms with Crippen LogP contribution in [0.15, 0.2) is 10.6 Å². The van der Waals surface area contributed by atoms with Gasteiger partial charge in [-0.1, -0.05) is 12.1 Å². The molecule has 1 saturated heterocycles. The molecule has 1 fully saturated rings. The summed E-state index contributed by atoms with van der Waals surface area (Å²) in [5, 5.41) is 7.10. The lowest BCUT2D eigenvalue weighted by Gasteiger charge is -2.22. The zero-order valence-electron chi connectivity index (χ0n) is 11.3. The van der Waals surface area contributed by atoms with Crippen LogP contribution in [0.3, 0.4) is 0 Å². The van der Waals surface area contributed by atoms with Gasteiger partial charge in [-0.05, 0) is 26.4 Å². The van der Waals surface area contributed by atoms with Gasteiger partial charge in [0.25, 0.3) is 0 Å². The second-order valence-corrected chi connectivity index (χ2v) is 4.78. The zero-order chi connectivity index (χ0) is 12.8. The molecular weight excluding hydrogens is 230 g/mol. The maximum Gasteiger partial charge on any atom is 0.151 e. The Kier molecular flexibility index (Phi) is 5.16. The molecule has 2 rings (SSSR count). The average molecular weight is 253 g/mol.